The molecule has 0 fully saturated rings. The molecule has 0 atom stereocenters. The predicted molar refractivity (Wildman–Crippen MR) is 387 cm³/mol. The van der Waals surface area contributed by atoms with E-state index in [4.69, 9.17) is 83.6 Å². The standard InChI is InChI=1S/C17H17N3O4S.C15H13N3O4S.C15H15N3O2S.C11H12N2O3.C9H10N2O2.H2S.H2/c1-4-24-17(21)14-5-6-15(25-14)20-9-19-11-8-13(23-3)12(22-2)7-10(11)16(20)18;1-21-10-5-8-9(6-11(10)22-2)16-7-17-14(8)18-13-4-3-12(23-13)15(19)20;1-9-4-5-14(21-9)18-15-10-6-12(19-2)13(20-3)7-11(10)16-8-17-15;1-14-7-13-9-5-11(16-3)10(15-2)4-8(9)6-12;1-12-8-3-6(5-10)7(11)4-9(8)13-2;;/h5-9,18H,4H2,1-3H3;3-7H,1-2H3,(H,19,20)(H,16,17,18);4-8H,1-3H3,(H,16,17,18);4-5,7H,1-3H3;3-4H,11H2,1-2H3;1H2;1H/i;;;;;;1+2. The quantitative estimate of drug-likeness (QED) is 0.0205. The van der Waals surface area contributed by atoms with Crippen LogP contribution >= 0.6 is 47.5 Å². The molecule has 518 valence electrons. The molecule has 0 radical (unpaired) electrons. The highest BCUT2D eigenvalue weighted by atomic mass is 32.1. The summed E-state index contributed by atoms with van der Waals surface area (Å²) in [6, 6.07) is 31.8. The normalized spacial score (nSPS) is 10.2. The number of nitrogen functional groups attached to an aromatic ring is 1. The number of aliphatic imine (C=N–C) groups is 1. The van der Waals surface area contributed by atoms with Crippen LogP contribution in [0.2, 0.25) is 0 Å². The van der Waals surface area contributed by atoms with Crippen LogP contribution in [-0.4, -0.2) is 138 Å². The first-order chi connectivity index (χ1) is 47.4. The lowest BCUT2D eigenvalue weighted by Gasteiger charge is -2.11. The van der Waals surface area contributed by atoms with Crippen LogP contribution in [0.3, 0.4) is 0 Å². The maximum atomic E-state index is 11.8. The molecule has 0 saturated heterocycles. The number of anilines is 5. The van der Waals surface area contributed by atoms with Crippen LogP contribution < -0.4 is 69.2 Å². The molecule has 0 saturated carbocycles. The molecule has 0 aliphatic rings. The zero-order valence-corrected chi connectivity index (χ0v) is 59.2. The summed E-state index contributed by atoms with van der Waals surface area (Å²) in [5.74, 6) is 5.58. The smallest absolute Gasteiger partial charge is 0.348 e. The average molecular weight is 1430 g/mol. The van der Waals surface area contributed by atoms with Crippen LogP contribution in [0.25, 0.3) is 37.7 Å². The molecule has 6 heterocycles. The maximum absolute atomic E-state index is 11.8. The summed E-state index contributed by atoms with van der Waals surface area (Å²) < 4.78 is 63.3. The number of aromatic carboxylic acids is 1. The number of nitrogens with one attached hydrogen (secondary N) is 3. The molecule has 0 spiro atoms. The summed E-state index contributed by atoms with van der Waals surface area (Å²) >= 11 is 4.06. The third-order valence-corrected chi connectivity index (χ3v) is 16.5. The van der Waals surface area contributed by atoms with Crippen molar-refractivity contribution in [2.24, 2.45) is 4.99 Å². The molecular weight excluding hydrogens is 1360 g/mol. The minimum absolute atomic E-state index is 0. The molecule has 99 heavy (non-hydrogen) atoms. The van der Waals surface area contributed by atoms with Gasteiger partial charge in [0.2, 0.25) is 0 Å². The van der Waals surface area contributed by atoms with Gasteiger partial charge < -0.3 is 78.3 Å². The van der Waals surface area contributed by atoms with Crippen LogP contribution in [0, 0.1) is 35.0 Å². The van der Waals surface area contributed by atoms with Crippen LogP contribution in [-0.2, 0) is 9.47 Å². The maximum Gasteiger partial charge on any atom is 0.348 e. The first kappa shape index (κ1) is 76.2. The summed E-state index contributed by atoms with van der Waals surface area (Å²) in [7, 11) is 17.0. The molecule has 6 aromatic heterocycles. The highest BCUT2D eigenvalue weighted by Gasteiger charge is 2.18. The third-order valence-electron chi connectivity index (χ3n) is 13.5. The Morgan fingerprint density at radius 3 is 1.46 bits per heavy atom. The van der Waals surface area contributed by atoms with Gasteiger partial charge in [0.05, 0.1) is 134 Å². The van der Waals surface area contributed by atoms with Gasteiger partial charge >= 0.3 is 11.9 Å². The number of aryl methyl sites for hydroxylation is 1. The molecule has 11 rings (SSSR count). The van der Waals surface area contributed by atoms with Gasteiger partial charge in [-0.2, -0.15) is 24.0 Å². The fraction of sp³-hybridized carbons (Fsp3) is 0.209. The zero-order valence-electron chi connectivity index (χ0n) is 55.7. The van der Waals surface area contributed by atoms with Crippen molar-refractivity contribution < 1.29 is 73.0 Å². The van der Waals surface area contributed by atoms with E-state index in [9.17, 15) is 9.59 Å². The number of aromatic nitrogens is 6. The molecule has 6 N–H and O–H groups in total. The number of hydrogen-bond acceptors (Lipinski definition) is 29. The Hall–Kier alpha value is -11.8. The Bertz CT molecular complexity index is 4810. The topological polar surface area (TPSA) is 368 Å². The monoisotopic (exact) mass is 1430 g/mol. The first-order valence-electron chi connectivity index (χ1n) is 28.7. The average Bonchev–Trinajstić information content (AvgIpc) is 1.23. The Morgan fingerprint density at radius 1 is 0.576 bits per heavy atom. The highest BCUT2D eigenvalue weighted by molar-refractivity contribution is 7.59. The Morgan fingerprint density at radius 2 is 1.01 bits per heavy atom. The van der Waals surface area contributed by atoms with Gasteiger partial charge in [0, 0.05) is 64.9 Å². The van der Waals surface area contributed by atoms with Gasteiger partial charge in [-0.15, -0.1) is 34.0 Å². The number of fused-ring (bicyclic) bond motifs is 3. The summed E-state index contributed by atoms with van der Waals surface area (Å²) in [5, 5.41) is 46.2. The van der Waals surface area contributed by atoms with E-state index < -0.39 is 5.97 Å². The molecule has 0 amide bonds. The van der Waals surface area contributed by atoms with E-state index in [2.05, 4.69) is 53.5 Å². The number of nitrogens with zero attached hydrogens (tertiary/aromatic N) is 9. The number of esters is 1. The second-order valence-corrected chi connectivity index (χ2v) is 22.7. The first-order valence-corrected chi connectivity index (χ1v) is 31.1. The minimum Gasteiger partial charge on any atom is -0.493 e. The number of ether oxygens (including phenoxy) is 12. The second-order valence-electron chi connectivity index (χ2n) is 19.3. The van der Waals surface area contributed by atoms with Gasteiger partial charge in [0.25, 0.3) is 0 Å². The molecule has 32 heteroatoms. The molecule has 28 nitrogen and oxygen atoms in total. The van der Waals surface area contributed by atoms with Gasteiger partial charge in [-0.1, -0.05) is 0 Å². The number of benzene rings is 5. The van der Waals surface area contributed by atoms with Crippen molar-refractivity contribution in [3.05, 3.63) is 147 Å². The summed E-state index contributed by atoms with van der Waals surface area (Å²) in [5.41, 5.74) is 9.58. The van der Waals surface area contributed by atoms with Gasteiger partial charge in [-0.05, 0) is 68.4 Å². The van der Waals surface area contributed by atoms with E-state index in [-0.39, 0.29) is 31.3 Å². The van der Waals surface area contributed by atoms with Crippen molar-refractivity contribution in [3.63, 3.8) is 0 Å². The molecule has 11 aromatic rings. The SMILES string of the molecule is CCOC(=O)c1ccc(-n2cnc3cc(OC)c(OC)cc3c2=N)s1.COC=Nc1cc(OC)c(OC)cc1C#N.COc1cc(N)c(C#N)cc1OC.COc1cc2ncnc(Nc3ccc(C(=O)O)s3)c2cc1OC.COc1cc2ncnc(Nc3ccc(C)s3)c2cc1OC.S.[3HH]. The highest BCUT2D eigenvalue weighted by Crippen LogP contribution is 2.39. The van der Waals surface area contributed by atoms with Crippen LogP contribution in [0.1, 0.15) is 43.7 Å². The number of thiophene rings is 3. The largest absolute Gasteiger partial charge is 0.493 e. The van der Waals surface area contributed by atoms with Crippen LogP contribution in [0.4, 0.5) is 33.0 Å². The number of rotatable bonds is 20. The van der Waals surface area contributed by atoms with Crippen LogP contribution in [0.15, 0.2) is 121 Å². The number of carboxylic acid groups (broad SMARTS) is 1. The van der Waals surface area contributed by atoms with Crippen molar-refractivity contribution in [3.8, 4) is 74.6 Å². The lowest BCUT2D eigenvalue weighted by molar-refractivity contribution is 0.0531. The predicted octanol–water partition coefficient (Wildman–Crippen LogP) is 13.1. The van der Waals surface area contributed by atoms with Gasteiger partial charge in [-0.25, -0.2) is 39.5 Å². The fourth-order valence-corrected chi connectivity index (χ4v) is 11.2. The van der Waals surface area contributed by atoms with E-state index in [0.717, 1.165) is 38.4 Å². The molecule has 0 aliphatic heterocycles. The van der Waals surface area contributed by atoms with Crippen molar-refractivity contribution in [1.29, 1.82) is 15.9 Å². The van der Waals surface area contributed by atoms with Gasteiger partial charge in [0.1, 0.15) is 63.0 Å². The number of carbonyl (C=O) groups excluding carboxylic acids is 1. The van der Waals surface area contributed by atoms with Gasteiger partial charge in [-0.3, -0.25) is 9.98 Å². The summed E-state index contributed by atoms with van der Waals surface area (Å²) in [4.78, 5) is 50.2. The lowest BCUT2D eigenvalue weighted by atomic mass is 10.1. The molecule has 0 bridgehead atoms. The third kappa shape index (κ3) is 19.0. The van der Waals surface area contributed by atoms with E-state index >= 15 is 0 Å². The number of carboxylic acids is 1. The number of hydrogen-bond donors (Lipinski definition) is 5. The second kappa shape index (κ2) is 36.9. The van der Waals surface area contributed by atoms with E-state index in [1.165, 1.54) is 70.8 Å². The lowest BCUT2D eigenvalue weighted by Crippen LogP contribution is -2.18. The zero-order chi connectivity index (χ0) is 71.0. The van der Waals surface area contributed by atoms with Crippen LogP contribution in [0.5, 0.6) is 57.5 Å². The minimum atomic E-state index is -0.956. The summed E-state index contributed by atoms with van der Waals surface area (Å²) in [6.07, 6.45) is 5.78. The number of methoxy groups -OCH3 is 11. The van der Waals surface area contributed by atoms with E-state index in [0.29, 0.717) is 124 Å². The fourth-order valence-electron chi connectivity index (χ4n) is 8.79. The van der Waals surface area contributed by atoms with Crippen molar-refractivity contribution >= 4 is 132 Å². The van der Waals surface area contributed by atoms with Crippen molar-refractivity contribution in [2.75, 3.05) is 101 Å². The summed E-state index contributed by atoms with van der Waals surface area (Å²) in [6.45, 7) is 4.15. The molecule has 5 aromatic carbocycles. The Labute approximate surface area is 588 Å². The number of nitriles is 2. The van der Waals surface area contributed by atoms with E-state index in [1.807, 2.05) is 30.3 Å². The molecule has 0 aliphatic carbocycles. The van der Waals surface area contributed by atoms with Crippen molar-refractivity contribution in [1.82, 2.24) is 29.5 Å². The Kier molecular flexibility index (Phi) is 28.4. The Balaban J connectivity index is 0.000000228. The molecular formula is C67H71N13O15S4. The van der Waals surface area contributed by atoms with Crippen molar-refractivity contribution in [2.45, 2.75) is 13.8 Å². The molecule has 0 unspecified atom stereocenters. The van der Waals surface area contributed by atoms with E-state index in [1.54, 1.807) is 145 Å². The number of carbonyl (C=O) groups is 2. The van der Waals surface area contributed by atoms with Gasteiger partial charge in [0.15, 0.2) is 63.9 Å². The number of nitrogens with two attached hydrogens (primary N) is 1.